The first-order valence-electron chi connectivity index (χ1n) is 6.42. The predicted octanol–water partition coefficient (Wildman–Crippen LogP) is 2.62. The Kier molecular flexibility index (Phi) is 4.13. The lowest BCUT2D eigenvalue weighted by Crippen LogP contribution is -2.37. The van der Waals surface area contributed by atoms with E-state index in [0.717, 1.165) is 18.7 Å². The number of nitrogens with zero attached hydrogens (tertiary/aromatic N) is 1. The van der Waals surface area contributed by atoms with Crippen molar-refractivity contribution < 1.29 is 4.39 Å². The Labute approximate surface area is 103 Å². The summed E-state index contributed by atoms with van der Waals surface area (Å²) in [6.45, 7) is 4.51. The van der Waals surface area contributed by atoms with E-state index < -0.39 is 0 Å². The minimum atomic E-state index is -0.127. The van der Waals surface area contributed by atoms with Gasteiger partial charge in [-0.2, -0.15) is 0 Å². The zero-order valence-corrected chi connectivity index (χ0v) is 10.5. The van der Waals surface area contributed by atoms with Crippen LogP contribution in [-0.2, 0) is 0 Å². The van der Waals surface area contributed by atoms with E-state index in [2.05, 4.69) is 4.90 Å². The van der Waals surface area contributed by atoms with Crippen molar-refractivity contribution >= 4 is 0 Å². The van der Waals surface area contributed by atoms with Crippen LogP contribution < -0.4 is 5.73 Å². The molecule has 94 valence electrons. The molecule has 17 heavy (non-hydrogen) atoms. The highest BCUT2D eigenvalue weighted by molar-refractivity contribution is 5.26. The van der Waals surface area contributed by atoms with Crippen molar-refractivity contribution in [1.29, 1.82) is 0 Å². The summed E-state index contributed by atoms with van der Waals surface area (Å²) in [4.78, 5) is 2.38. The Bertz CT molecular complexity index is 372. The van der Waals surface area contributed by atoms with Gasteiger partial charge in [0.05, 0.1) is 0 Å². The Balaban J connectivity index is 2.18. The number of likely N-dealkylation sites (tertiary alicyclic amines) is 1. The largest absolute Gasteiger partial charge is 0.329 e. The maximum absolute atomic E-state index is 13.6. The van der Waals surface area contributed by atoms with E-state index in [4.69, 9.17) is 5.73 Å². The Morgan fingerprint density at radius 1 is 1.29 bits per heavy atom. The fourth-order valence-corrected chi connectivity index (χ4v) is 2.54. The van der Waals surface area contributed by atoms with Gasteiger partial charge in [-0.1, -0.05) is 18.6 Å². The third-order valence-electron chi connectivity index (χ3n) is 3.64. The summed E-state index contributed by atoms with van der Waals surface area (Å²) >= 11 is 0. The summed E-state index contributed by atoms with van der Waals surface area (Å²) in [5.41, 5.74) is 7.57. The number of rotatable bonds is 3. The predicted molar refractivity (Wildman–Crippen MR) is 68.4 cm³/mol. The molecule has 0 aliphatic carbocycles. The van der Waals surface area contributed by atoms with E-state index in [-0.39, 0.29) is 11.9 Å². The van der Waals surface area contributed by atoms with Gasteiger partial charge in [-0.25, -0.2) is 4.39 Å². The van der Waals surface area contributed by atoms with Crippen LogP contribution in [0.25, 0.3) is 0 Å². The van der Waals surface area contributed by atoms with Gasteiger partial charge in [0.15, 0.2) is 0 Å². The number of benzene rings is 1. The van der Waals surface area contributed by atoms with Gasteiger partial charge in [-0.3, -0.25) is 4.90 Å². The van der Waals surface area contributed by atoms with Crippen LogP contribution in [0.2, 0.25) is 0 Å². The normalized spacial score (nSPS) is 19.2. The quantitative estimate of drug-likeness (QED) is 0.874. The van der Waals surface area contributed by atoms with Crippen molar-refractivity contribution in [3.05, 3.63) is 35.1 Å². The van der Waals surface area contributed by atoms with Crippen LogP contribution in [0, 0.1) is 12.7 Å². The van der Waals surface area contributed by atoms with Crippen LogP contribution in [0.4, 0.5) is 4.39 Å². The maximum Gasteiger partial charge on any atom is 0.126 e. The van der Waals surface area contributed by atoms with Crippen LogP contribution in [0.1, 0.15) is 36.4 Å². The van der Waals surface area contributed by atoms with Crippen LogP contribution in [0.15, 0.2) is 18.2 Å². The van der Waals surface area contributed by atoms with Crippen molar-refractivity contribution in [2.24, 2.45) is 5.73 Å². The van der Waals surface area contributed by atoms with E-state index in [1.807, 2.05) is 12.1 Å². The molecular weight excluding hydrogens is 215 g/mol. The van der Waals surface area contributed by atoms with E-state index in [1.54, 1.807) is 13.0 Å². The molecule has 2 N–H and O–H groups in total. The third-order valence-corrected chi connectivity index (χ3v) is 3.64. The van der Waals surface area contributed by atoms with Crippen molar-refractivity contribution in [2.45, 2.75) is 32.2 Å². The second-order valence-electron chi connectivity index (χ2n) is 4.86. The second kappa shape index (κ2) is 5.61. The number of nitrogens with two attached hydrogens (primary N) is 1. The van der Waals surface area contributed by atoms with E-state index >= 15 is 0 Å². The molecule has 1 saturated heterocycles. The fraction of sp³-hybridized carbons (Fsp3) is 0.571. The van der Waals surface area contributed by atoms with Crippen molar-refractivity contribution in [3.8, 4) is 0 Å². The summed E-state index contributed by atoms with van der Waals surface area (Å²) in [7, 11) is 0. The molecule has 0 radical (unpaired) electrons. The molecule has 0 spiro atoms. The van der Waals surface area contributed by atoms with Crippen LogP contribution in [-0.4, -0.2) is 24.5 Å². The monoisotopic (exact) mass is 236 g/mol. The van der Waals surface area contributed by atoms with Crippen molar-refractivity contribution in [1.82, 2.24) is 4.90 Å². The molecule has 0 bridgehead atoms. The number of piperidine rings is 1. The van der Waals surface area contributed by atoms with Crippen molar-refractivity contribution in [3.63, 3.8) is 0 Å². The molecule has 1 aromatic carbocycles. The van der Waals surface area contributed by atoms with Gasteiger partial charge in [-0.15, -0.1) is 0 Å². The molecule has 1 heterocycles. The summed E-state index contributed by atoms with van der Waals surface area (Å²) in [5.74, 6) is -0.127. The molecule has 1 unspecified atom stereocenters. The van der Waals surface area contributed by atoms with Gasteiger partial charge in [0, 0.05) is 12.6 Å². The molecule has 1 aromatic rings. The van der Waals surface area contributed by atoms with Gasteiger partial charge in [-0.05, 0) is 50.0 Å². The summed E-state index contributed by atoms with van der Waals surface area (Å²) in [6, 6.07) is 5.66. The maximum atomic E-state index is 13.6. The highest BCUT2D eigenvalue weighted by Gasteiger charge is 2.21. The zero-order valence-electron chi connectivity index (χ0n) is 10.5. The lowest BCUT2D eigenvalue weighted by molar-refractivity contribution is 0.167. The third kappa shape index (κ3) is 2.85. The van der Waals surface area contributed by atoms with Gasteiger partial charge in [0.1, 0.15) is 5.82 Å². The van der Waals surface area contributed by atoms with E-state index in [9.17, 15) is 4.39 Å². The van der Waals surface area contributed by atoms with Gasteiger partial charge < -0.3 is 5.73 Å². The highest BCUT2D eigenvalue weighted by atomic mass is 19.1. The molecule has 0 saturated carbocycles. The Hall–Kier alpha value is -0.930. The Morgan fingerprint density at radius 2 is 2.00 bits per heavy atom. The molecule has 2 nitrogen and oxygen atoms in total. The SMILES string of the molecule is Cc1ccc(C(CN)N2CCCCC2)cc1F. The minimum absolute atomic E-state index is 0.127. The van der Waals surface area contributed by atoms with E-state index in [0.29, 0.717) is 12.1 Å². The smallest absolute Gasteiger partial charge is 0.126 e. The standard InChI is InChI=1S/C14H21FN2/c1-11-5-6-12(9-13(11)15)14(10-16)17-7-3-2-4-8-17/h5-6,9,14H,2-4,7-8,10,16H2,1H3. The highest BCUT2D eigenvalue weighted by Crippen LogP contribution is 2.24. The topological polar surface area (TPSA) is 29.3 Å². The molecule has 1 fully saturated rings. The molecular formula is C14H21FN2. The first kappa shape index (κ1) is 12.5. The minimum Gasteiger partial charge on any atom is -0.329 e. The molecule has 1 aliphatic rings. The molecule has 3 heteroatoms. The summed E-state index contributed by atoms with van der Waals surface area (Å²) < 4.78 is 13.6. The Morgan fingerprint density at radius 3 is 2.59 bits per heavy atom. The first-order chi connectivity index (χ1) is 8.22. The van der Waals surface area contributed by atoms with Crippen LogP contribution in [0.3, 0.4) is 0 Å². The molecule has 1 atom stereocenters. The number of hydrogen-bond donors (Lipinski definition) is 1. The lowest BCUT2D eigenvalue weighted by atomic mass is 10.0. The number of halogens is 1. The second-order valence-corrected chi connectivity index (χ2v) is 4.86. The number of hydrogen-bond acceptors (Lipinski definition) is 2. The zero-order chi connectivity index (χ0) is 12.3. The lowest BCUT2D eigenvalue weighted by Gasteiger charge is -2.34. The average molecular weight is 236 g/mol. The van der Waals surface area contributed by atoms with E-state index in [1.165, 1.54) is 19.3 Å². The molecule has 2 rings (SSSR count). The summed E-state index contributed by atoms with van der Waals surface area (Å²) in [5, 5.41) is 0. The summed E-state index contributed by atoms with van der Waals surface area (Å²) in [6.07, 6.45) is 3.76. The van der Waals surface area contributed by atoms with Gasteiger partial charge in [0.25, 0.3) is 0 Å². The van der Waals surface area contributed by atoms with Crippen molar-refractivity contribution in [2.75, 3.05) is 19.6 Å². The van der Waals surface area contributed by atoms with Gasteiger partial charge >= 0.3 is 0 Å². The van der Waals surface area contributed by atoms with Crippen LogP contribution >= 0.6 is 0 Å². The average Bonchev–Trinajstić information content (AvgIpc) is 2.36. The molecule has 0 amide bonds. The molecule has 0 aromatic heterocycles. The fourth-order valence-electron chi connectivity index (χ4n) is 2.54. The number of aryl methyl sites for hydroxylation is 1. The van der Waals surface area contributed by atoms with Gasteiger partial charge in [0.2, 0.25) is 0 Å². The molecule has 1 aliphatic heterocycles. The van der Waals surface area contributed by atoms with Crippen LogP contribution in [0.5, 0.6) is 0 Å². The first-order valence-corrected chi connectivity index (χ1v) is 6.42.